The molecule has 1 aromatic carbocycles. The number of hydrogen-bond acceptors (Lipinski definition) is 2. The number of benzene rings is 1. The quantitative estimate of drug-likeness (QED) is 0.889. The molecule has 2 aliphatic heterocycles. The van der Waals surface area contributed by atoms with Gasteiger partial charge in [-0.3, -0.25) is 0 Å². The highest BCUT2D eigenvalue weighted by Crippen LogP contribution is 2.32. The van der Waals surface area contributed by atoms with Gasteiger partial charge in [-0.15, -0.1) is 0 Å². The van der Waals surface area contributed by atoms with Crippen LogP contribution in [0.25, 0.3) is 0 Å². The Balaban J connectivity index is 1.47. The highest BCUT2D eigenvalue weighted by atomic mass is 19.1. The fourth-order valence-electron chi connectivity index (χ4n) is 4.25. The Morgan fingerprint density at radius 1 is 1.33 bits per heavy atom. The van der Waals surface area contributed by atoms with E-state index in [4.69, 9.17) is 0 Å². The molecule has 2 saturated heterocycles. The van der Waals surface area contributed by atoms with Gasteiger partial charge in [0.25, 0.3) is 0 Å². The molecule has 4 nitrogen and oxygen atoms in total. The van der Waals surface area contributed by atoms with Crippen LogP contribution < -0.4 is 10.6 Å². The van der Waals surface area contributed by atoms with Crippen molar-refractivity contribution in [3.8, 4) is 0 Å². The van der Waals surface area contributed by atoms with Crippen LogP contribution in [-0.2, 0) is 6.42 Å². The first-order valence-electron chi connectivity index (χ1n) is 9.04. The van der Waals surface area contributed by atoms with Gasteiger partial charge >= 0.3 is 6.03 Å². The number of rotatable bonds is 4. The van der Waals surface area contributed by atoms with Crippen molar-refractivity contribution in [2.75, 3.05) is 7.05 Å². The summed E-state index contributed by atoms with van der Waals surface area (Å²) in [5.41, 5.74) is 0.900. The molecule has 132 valence electrons. The predicted octanol–water partition coefficient (Wildman–Crippen LogP) is 3.07. The van der Waals surface area contributed by atoms with Crippen molar-refractivity contribution in [1.29, 1.82) is 0 Å². The highest BCUT2D eigenvalue weighted by Gasteiger charge is 2.36. The Morgan fingerprint density at radius 2 is 2.04 bits per heavy atom. The molecule has 24 heavy (non-hydrogen) atoms. The zero-order chi connectivity index (χ0) is 17.1. The molecule has 0 aromatic heterocycles. The monoisotopic (exact) mass is 333 g/mol. The molecule has 3 unspecified atom stereocenters. The van der Waals surface area contributed by atoms with E-state index in [0.717, 1.165) is 18.4 Å². The topological polar surface area (TPSA) is 44.4 Å². The molecule has 2 fully saturated rings. The summed E-state index contributed by atoms with van der Waals surface area (Å²) in [5.74, 6) is -0.234. The van der Waals surface area contributed by atoms with Gasteiger partial charge in [-0.05, 0) is 63.8 Å². The van der Waals surface area contributed by atoms with Crippen LogP contribution in [0.5, 0.6) is 0 Å². The number of amides is 2. The summed E-state index contributed by atoms with van der Waals surface area (Å²) >= 11 is 0. The molecule has 3 atom stereocenters. The molecule has 0 saturated carbocycles. The number of nitrogens with zero attached hydrogens (tertiary/aromatic N) is 1. The van der Waals surface area contributed by atoms with E-state index in [9.17, 15) is 9.18 Å². The van der Waals surface area contributed by atoms with Crippen LogP contribution in [0.4, 0.5) is 9.18 Å². The highest BCUT2D eigenvalue weighted by molar-refractivity contribution is 5.74. The molecule has 2 N–H and O–H groups in total. The number of carbonyl (C=O) groups is 1. The lowest BCUT2D eigenvalue weighted by Crippen LogP contribution is -2.57. The van der Waals surface area contributed by atoms with Gasteiger partial charge in [0.1, 0.15) is 5.82 Å². The van der Waals surface area contributed by atoms with Crippen molar-refractivity contribution in [2.45, 2.75) is 69.6 Å². The SMILES string of the molecule is CC(Cc1cccc(F)c1)NC(=O)NC1CC2CCCC(C1)N2C. The molecular formula is C19H28FN3O. The molecule has 0 aliphatic carbocycles. The second-order valence-electron chi connectivity index (χ2n) is 7.43. The third-order valence-corrected chi connectivity index (χ3v) is 5.48. The van der Waals surface area contributed by atoms with Gasteiger partial charge in [-0.25, -0.2) is 9.18 Å². The van der Waals surface area contributed by atoms with E-state index >= 15 is 0 Å². The lowest BCUT2D eigenvalue weighted by Gasteiger charge is -2.47. The number of carbonyl (C=O) groups excluding carboxylic acids is 1. The zero-order valence-electron chi connectivity index (χ0n) is 14.6. The maximum absolute atomic E-state index is 13.2. The van der Waals surface area contributed by atoms with Crippen molar-refractivity contribution in [2.24, 2.45) is 0 Å². The molecule has 0 radical (unpaired) electrons. The van der Waals surface area contributed by atoms with E-state index in [-0.39, 0.29) is 23.9 Å². The average Bonchev–Trinajstić information content (AvgIpc) is 2.48. The standard InChI is InChI=1S/C19H28FN3O/c1-13(9-14-5-3-6-15(20)10-14)21-19(24)22-16-11-17-7-4-8-18(12-16)23(17)2/h3,5-6,10,13,16-18H,4,7-9,11-12H2,1-2H3,(H2,21,22,24). The summed E-state index contributed by atoms with van der Waals surface area (Å²) < 4.78 is 13.2. The average molecular weight is 333 g/mol. The van der Waals surface area contributed by atoms with Crippen LogP contribution in [-0.4, -0.2) is 42.1 Å². The van der Waals surface area contributed by atoms with Gasteiger partial charge in [0, 0.05) is 24.2 Å². The fourth-order valence-corrected chi connectivity index (χ4v) is 4.25. The molecule has 3 rings (SSSR count). The van der Waals surface area contributed by atoms with Crippen molar-refractivity contribution in [1.82, 2.24) is 15.5 Å². The number of piperidine rings is 2. The number of hydrogen-bond donors (Lipinski definition) is 2. The molecule has 1 aromatic rings. The van der Waals surface area contributed by atoms with Crippen LogP contribution >= 0.6 is 0 Å². The Labute approximate surface area is 143 Å². The van der Waals surface area contributed by atoms with Crippen LogP contribution in [0.3, 0.4) is 0 Å². The van der Waals surface area contributed by atoms with Gasteiger partial charge in [0.15, 0.2) is 0 Å². The number of urea groups is 1. The molecule has 2 aliphatic rings. The summed E-state index contributed by atoms with van der Waals surface area (Å²) in [4.78, 5) is 14.8. The van der Waals surface area contributed by atoms with E-state index in [1.165, 1.54) is 31.4 Å². The van der Waals surface area contributed by atoms with E-state index in [0.29, 0.717) is 18.5 Å². The Hall–Kier alpha value is -1.62. The summed E-state index contributed by atoms with van der Waals surface area (Å²) in [6.45, 7) is 1.95. The largest absolute Gasteiger partial charge is 0.335 e. The third-order valence-electron chi connectivity index (χ3n) is 5.48. The molecular weight excluding hydrogens is 305 g/mol. The Kier molecular flexibility index (Phi) is 5.39. The molecule has 2 amide bonds. The lowest BCUT2D eigenvalue weighted by molar-refractivity contribution is 0.0508. The molecule has 5 heteroatoms. The van der Waals surface area contributed by atoms with Crippen molar-refractivity contribution in [3.63, 3.8) is 0 Å². The van der Waals surface area contributed by atoms with Gasteiger partial charge in [0.2, 0.25) is 0 Å². The maximum atomic E-state index is 13.2. The number of fused-ring (bicyclic) bond motifs is 2. The van der Waals surface area contributed by atoms with Crippen LogP contribution in [0, 0.1) is 5.82 Å². The smallest absolute Gasteiger partial charge is 0.315 e. The minimum absolute atomic E-state index is 0.0300. The molecule has 2 heterocycles. The first kappa shape index (κ1) is 17.2. The molecule has 0 spiro atoms. The number of halogens is 1. The lowest BCUT2D eigenvalue weighted by atomic mass is 9.82. The first-order valence-corrected chi connectivity index (χ1v) is 9.04. The summed E-state index contributed by atoms with van der Waals surface area (Å²) in [6, 6.07) is 7.88. The van der Waals surface area contributed by atoms with E-state index in [2.05, 4.69) is 22.6 Å². The predicted molar refractivity (Wildman–Crippen MR) is 93.4 cm³/mol. The Morgan fingerprint density at radius 3 is 2.71 bits per heavy atom. The van der Waals surface area contributed by atoms with Gasteiger partial charge in [-0.1, -0.05) is 18.6 Å². The summed E-state index contributed by atoms with van der Waals surface area (Å²) in [7, 11) is 2.21. The fraction of sp³-hybridized carbons (Fsp3) is 0.632. The third kappa shape index (κ3) is 4.26. The van der Waals surface area contributed by atoms with E-state index < -0.39 is 0 Å². The van der Waals surface area contributed by atoms with E-state index in [1.54, 1.807) is 6.07 Å². The van der Waals surface area contributed by atoms with Crippen molar-refractivity contribution >= 4 is 6.03 Å². The van der Waals surface area contributed by atoms with Crippen LogP contribution in [0.2, 0.25) is 0 Å². The normalized spacial score (nSPS) is 28.2. The van der Waals surface area contributed by atoms with Crippen molar-refractivity contribution < 1.29 is 9.18 Å². The second kappa shape index (κ2) is 7.51. The van der Waals surface area contributed by atoms with Crippen molar-refractivity contribution in [3.05, 3.63) is 35.6 Å². The first-order chi connectivity index (χ1) is 11.5. The van der Waals surface area contributed by atoms with Crippen LogP contribution in [0.15, 0.2) is 24.3 Å². The molecule has 2 bridgehead atoms. The zero-order valence-corrected chi connectivity index (χ0v) is 14.6. The number of nitrogens with one attached hydrogen (secondary N) is 2. The second-order valence-corrected chi connectivity index (χ2v) is 7.43. The van der Waals surface area contributed by atoms with E-state index in [1.807, 2.05) is 13.0 Å². The summed E-state index contributed by atoms with van der Waals surface area (Å²) in [5, 5.41) is 6.13. The Bertz CT molecular complexity index is 565. The minimum Gasteiger partial charge on any atom is -0.335 e. The van der Waals surface area contributed by atoms with Gasteiger partial charge < -0.3 is 15.5 Å². The van der Waals surface area contributed by atoms with Crippen LogP contribution in [0.1, 0.15) is 44.6 Å². The van der Waals surface area contributed by atoms with Gasteiger partial charge in [-0.2, -0.15) is 0 Å². The van der Waals surface area contributed by atoms with Gasteiger partial charge in [0.05, 0.1) is 0 Å². The maximum Gasteiger partial charge on any atom is 0.315 e. The summed E-state index contributed by atoms with van der Waals surface area (Å²) in [6.07, 6.45) is 6.50. The minimum atomic E-state index is -0.234.